The summed E-state index contributed by atoms with van der Waals surface area (Å²) in [5.74, 6) is -2.07. The Kier molecular flexibility index (Phi) is 4.65. The molecule has 1 N–H and O–H groups in total. The smallest absolute Gasteiger partial charge is 0.376 e. The van der Waals surface area contributed by atoms with Gasteiger partial charge in [0.05, 0.1) is 21.3 Å². The van der Waals surface area contributed by atoms with E-state index in [1.807, 2.05) is 0 Å². The number of hydrogen-bond acceptors (Lipinski definition) is 5. The number of carbonyl (C=O) groups is 1. The number of esters is 1. The largest absolute Gasteiger partial charge is 0.460 e. The third-order valence-corrected chi connectivity index (χ3v) is 4.05. The Bertz CT molecular complexity index is 927. The van der Waals surface area contributed by atoms with E-state index >= 15 is 0 Å². The lowest BCUT2D eigenvalue weighted by atomic mass is 10.2. The first-order valence-electron chi connectivity index (χ1n) is 6.96. The number of nitrogens with zero attached hydrogens (tertiary/aromatic N) is 1. The maximum atomic E-state index is 14.1. The fourth-order valence-electron chi connectivity index (χ4n) is 2.16. The van der Waals surface area contributed by atoms with Crippen LogP contribution in [0.3, 0.4) is 0 Å². The van der Waals surface area contributed by atoms with Gasteiger partial charge in [-0.1, -0.05) is 0 Å². The van der Waals surface area contributed by atoms with E-state index in [-0.39, 0.29) is 27.3 Å². The van der Waals surface area contributed by atoms with Crippen LogP contribution in [-0.2, 0) is 4.74 Å². The number of aromatic nitrogens is 1. The predicted molar refractivity (Wildman–Crippen MR) is 92.3 cm³/mol. The van der Waals surface area contributed by atoms with Crippen LogP contribution in [0.5, 0.6) is 0 Å². The number of pyridine rings is 1. The summed E-state index contributed by atoms with van der Waals surface area (Å²) in [6, 6.07) is 3.64. The second-order valence-electron chi connectivity index (χ2n) is 4.77. The molecule has 0 fully saturated rings. The molecule has 5 nitrogen and oxygen atoms in total. The van der Waals surface area contributed by atoms with E-state index in [9.17, 15) is 13.6 Å². The summed E-state index contributed by atoms with van der Waals surface area (Å²) < 4.78 is 38.4. The van der Waals surface area contributed by atoms with Crippen LogP contribution in [0.4, 0.5) is 20.2 Å². The van der Waals surface area contributed by atoms with E-state index in [1.54, 1.807) is 35.6 Å². The maximum absolute atomic E-state index is 14.1. The van der Waals surface area contributed by atoms with Gasteiger partial charge in [-0.05, 0) is 41.6 Å². The predicted octanol–water partition coefficient (Wildman–Crippen LogP) is 4.63. The van der Waals surface area contributed by atoms with Crippen molar-refractivity contribution in [3.05, 3.63) is 51.6 Å². The highest BCUT2D eigenvalue weighted by Crippen LogP contribution is 2.34. The number of hydrogen-bond donors (Lipinski definition) is 1. The summed E-state index contributed by atoms with van der Waals surface area (Å²) >= 11 is 1.69. The second kappa shape index (κ2) is 6.71. The molecule has 0 atom stereocenters. The Morgan fingerprint density at radius 3 is 2.92 bits per heavy atom. The van der Waals surface area contributed by atoms with Gasteiger partial charge in [0.1, 0.15) is 22.9 Å². The number of carbonyl (C=O) groups excluding carboxylic acids is 1. The van der Waals surface area contributed by atoms with Gasteiger partial charge < -0.3 is 14.5 Å². The number of furan rings is 1. The summed E-state index contributed by atoms with van der Waals surface area (Å²) in [7, 11) is 0. The minimum absolute atomic E-state index is 0.120. The number of nitrogens with one attached hydrogen (secondary N) is 1. The van der Waals surface area contributed by atoms with Crippen molar-refractivity contribution in [2.75, 3.05) is 11.9 Å². The average Bonchev–Trinajstić information content (AvgIpc) is 2.92. The first-order chi connectivity index (χ1) is 11.5. The molecule has 1 aromatic carbocycles. The highest BCUT2D eigenvalue weighted by molar-refractivity contribution is 14.1. The number of ether oxygens (including phenoxy) is 1. The molecule has 0 bridgehead atoms. The highest BCUT2D eigenvalue weighted by atomic mass is 127. The van der Waals surface area contributed by atoms with Crippen LogP contribution in [0, 0.1) is 15.2 Å². The van der Waals surface area contributed by atoms with E-state index in [4.69, 9.17) is 9.15 Å². The summed E-state index contributed by atoms with van der Waals surface area (Å²) in [6.07, 6.45) is 2.96. The van der Waals surface area contributed by atoms with Crippen LogP contribution >= 0.6 is 22.6 Å². The number of benzene rings is 1. The summed E-state index contributed by atoms with van der Waals surface area (Å²) in [4.78, 5) is 16.1. The van der Waals surface area contributed by atoms with E-state index < -0.39 is 17.6 Å². The Morgan fingerprint density at radius 1 is 1.38 bits per heavy atom. The van der Waals surface area contributed by atoms with Crippen LogP contribution in [0.15, 0.2) is 35.0 Å². The minimum atomic E-state index is -0.706. The first-order valence-corrected chi connectivity index (χ1v) is 8.04. The zero-order valence-electron chi connectivity index (χ0n) is 12.4. The van der Waals surface area contributed by atoms with Crippen LogP contribution < -0.4 is 5.32 Å². The SMILES string of the molecule is CCOC(=O)c1oc2ccncc2c1Nc1cc(F)c(I)cc1F. The van der Waals surface area contributed by atoms with Crippen molar-refractivity contribution in [2.45, 2.75) is 6.92 Å². The van der Waals surface area contributed by atoms with Crippen LogP contribution in [0.2, 0.25) is 0 Å². The molecule has 0 spiro atoms. The van der Waals surface area contributed by atoms with Crippen LogP contribution in [0.25, 0.3) is 11.0 Å². The Morgan fingerprint density at radius 2 is 2.17 bits per heavy atom. The van der Waals surface area contributed by atoms with Gasteiger partial charge in [0.15, 0.2) is 0 Å². The monoisotopic (exact) mass is 444 g/mol. The molecular formula is C16H11F2IN2O3. The second-order valence-corrected chi connectivity index (χ2v) is 5.93. The van der Waals surface area contributed by atoms with E-state index in [1.165, 1.54) is 12.4 Å². The third kappa shape index (κ3) is 3.05. The van der Waals surface area contributed by atoms with Crippen molar-refractivity contribution < 1.29 is 22.7 Å². The molecule has 0 radical (unpaired) electrons. The van der Waals surface area contributed by atoms with Gasteiger partial charge in [-0.2, -0.15) is 0 Å². The highest BCUT2D eigenvalue weighted by Gasteiger charge is 2.23. The Hall–Kier alpha value is -2.23. The van der Waals surface area contributed by atoms with Crippen LogP contribution in [0.1, 0.15) is 17.5 Å². The molecule has 0 aliphatic rings. The zero-order valence-corrected chi connectivity index (χ0v) is 14.6. The fourth-order valence-corrected chi connectivity index (χ4v) is 2.59. The van der Waals surface area contributed by atoms with E-state index in [0.29, 0.717) is 11.0 Å². The number of halogens is 3. The van der Waals surface area contributed by atoms with Crippen molar-refractivity contribution in [2.24, 2.45) is 0 Å². The van der Waals surface area contributed by atoms with Crippen molar-refractivity contribution >= 4 is 50.9 Å². The average molecular weight is 444 g/mol. The molecule has 0 amide bonds. The van der Waals surface area contributed by atoms with Gasteiger partial charge in [0, 0.05) is 18.5 Å². The number of anilines is 2. The first kappa shape index (κ1) is 16.6. The summed E-state index contributed by atoms with van der Waals surface area (Å²) in [5, 5.41) is 3.18. The van der Waals surface area contributed by atoms with E-state index in [2.05, 4.69) is 10.3 Å². The molecule has 3 rings (SSSR count). The summed E-state index contributed by atoms with van der Waals surface area (Å²) in [6.45, 7) is 1.81. The minimum Gasteiger partial charge on any atom is -0.460 e. The van der Waals surface area contributed by atoms with Crippen molar-refractivity contribution in [1.29, 1.82) is 0 Å². The van der Waals surface area contributed by atoms with Gasteiger partial charge in [-0.15, -0.1) is 0 Å². The zero-order chi connectivity index (χ0) is 17.3. The van der Waals surface area contributed by atoms with Gasteiger partial charge >= 0.3 is 5.97 Å². The maximum Gasteiger partial charge on any atom is 0.376 e. The molecule has 0 aliphatic carbocycles. The van der Waals surface area contributed by atoms with Gasteiger partial charge in [0.25, 0.3) is 0 Å². The molecule has 3 aromatic rings. The lowest BCUT2D eigenvalue weighted by Crippen LogP contribution is -2.06. The Labute approximate surface area is 149 Å². The van der Waals surface area contributed by atoms with Gasteiger partial charge in [-0.25, -0.2) is 13.6 Å². The van der Waals surface area contributed by atoms with Gasteiger partial charge in [0.2, 0.25) is 5.76 Å². The lowest BCUT2D eigenvalue weighted by Gasteiger charge is -2.09. The fraction of sp³-hybridized carbons (Fsp3) is 0.125. The molecule has 0 aliphatic heterocycles. The molecule has 124 valence electrons. The molecule has 8 heteroatoms. The molecular weight excluding hydrogens is 433 g/mol. The standard InChI is InChI=1S/C16H11F2IN2O3/c1-2-23-16(22)15-14(8-7-20-4-3-13(8)24-15)21-12-6-9(17)11(19)5-10(12)18/h3-7,21H,2H2,1H3. The normalized spacial score (nSPS) is 10.8. The molecule has 0 saturated heterocycles. The number of rotatable bonds is 4. The summed E-state index contributed by atoms with van der Waals surface area (Å²) in [5.41, 5.74) is 0.433. The molecule has 2 heterocycles. The lowest BCUT2D eigenvalue weighted by molar-refractivity contribution is 0.0494. The van der Waals surface area contributed by atoms with Crippen molar-refractivity contribution in [3.8, 4) is 0 Å². The quantitative estimate of drug-likeness (QED) is 0.361. The number of fused-ring (bicyclic) bond motifs is 1. The molecule has 0 saturated carbocycles. The molecule has 0 unspecified atom stereocenters. The Balaban J connectivity index is 2.12. The van der Waals surface area contributed by atoms with Crippen LogP contribution in [-0.4, -0.2) is 17.6 Å². The van der Waals surface area contributed by atoms with Crippen molar-refractivity contribution in [3.63, 3.8) is 0 Å². The molecule has 24 heavy (non-hydrogen) atoms. The molecule has 2 aromatic heterocycles. The van der Waals surface area contributed by atoms with Crippen molar-refractivity contribution in [1.82, 2.24) is 4.98 Å². The van der Waals surface area contributed by atoms with Gasteiger partial charge in [-0.3, -0.25) is 4.98 Å². The third-order valence-electron chi connectivity index (χ3n) is 3.22. The van der Waals surface area contributed by atoms with E-state index in [0.717, 1.165) is 12.1 Å². The topological polar surface area (TPSA) is 64.4 Å².